The molecule has 84 valence electrons. The lowest BCUT2D eigenvalue weighted by atomic mass is 10.1. The summed E-state index contributed by atoms with van der Waals surface area (Å²) in [5, 5.41) is 0. The highest BCUT2D eigenvalue weighted by Crippen LogP contribution is 2.16. The average molecular weight is 275 g/mol. The van der Waals surface area contributed by atoms with E-state index in [0.29, 0.717) is 12.0 Å². The van der Waals surface area contributed by atoms with E-state index in [1.54, 1.807) is 12.1 Å². The van der Waals surface area contributed by atoms with Gasteiger partial charge in [0.25, 0.3) is 0 Å². The summed E-state index contributed by atoms with van der Waals surface area (Å²) < 4.78 is 14.3. The largest absolute Gasteiger partial charge is 0.326 e. The van der Waals surface area contributed by atoms with E-state index >= 15 is 0 Å². The van der Waals surface area contributed by atoms with Crippen LogP contribution in [0, 0.1) is 5.82 Å². The maximum Gasteiger partial charge on any atom is 0.126 e. The summed E-state index contributed by atoms with van der Waals surface area (Å²) in [4.78, 5) is 2.00. The van der Waals surface area contributed by atoms with Crippen LogP contribution in [0.1, 0.15) is 5.56 Å². The van der Waals surface area contributed by atoms with Crippen molar-refractivity contribution in [2.75, 3.05) is 20.6 Å². The molecule has 1 rings (SSSR count). The van der Waals surface area contributed by atoms with Gasteiger partial charge in [0, 0.05) is 17.1 Å². The highest BCUT2D eigenvalue weighted by atomic mass is 79.9. The lowest BCUT2D eigenvalue weighted by Crippen LogP contribution is -2.35. The number of nitrogens with zero attached hydrogens (tertiary/aromatic N) is 1. The van der Waals surface area contributed by atoms with Crippen molar-refractivity contribution in [1.29, 1.82) is 0 Å². The van der Waals surface area contributed by atoms with Crippen molar-refractivity contribution in [3.05, 3.63) is 34.1 Å². The van der Waals surface area contributed by atoms with E-state index in [1.165, 1.54) is 6.07 Å². The maximum absolute atomic E-state index is 13.4. The van der Waals surface area contributed by atoms with E-state index in [4.69, 9.17) is 5.73 Å². The first-order valence-electron chi connectivity index (χ1n) is 4.83. The molecule has 4 heteroatoms. The third-order valence-electron chi connectivity index (χ3n) is 2.09. The second-order valence-electron chi connectivity index (χ2n) is 3.96. The summed E-state index contributed by atoms with van der Waals surface area (Å²) in [7, 11) is 3.91. The Kier molecular flexibility index (Phi) is 4.70. The minimum atomic E-state index is -0.188. The van der Waals surface area contributed by atoms with Crippen molar-refractivity contribution in [2.24, 2.45) is 5.73 Å². The van der Waals surface area contributed by atoms with Gasteiger partial charge in [0.2, 0.25) is 0 Å². The van der Waals surface area contributed by atoms with E-state index in [1.807, 2.05) is 19.0 Å². The third kappa shape index (κ3) is 4.28. The molecular weight excluding hydrogens is 259 g/mol. The summed E-state index contributed by atoms with van der Waals surface area (Å²) in [5.74, 6) is -0.188. The Morgan fingerprint density at radius 2 is 2.13 bits per heavy atom. The Labute approximate surface area is 98.4 Å². The van der Waals surface area contributed by atoms with Gasteiger partial charge in [-0.2, -0.15) is 0 Å². The van der Waals surface area contributed by atoms with Crippen LogP contribution in [0.15, 0.2) is 22.7 Å². The predicted octanol–water partition coefficient (Wildman–Crippen LogP) is 2.02. The second kappa shape index (κ2) is 5.58. The number of likely N-dealkylation sites (N-methyl/N-ethyl adjacent to an activating group) is 1. The maximum atomic E-state index is 13.4. The first kappa shape index (κ1) is 12.6. The van der Waals surface area contributed by atoms with Gasteiger partial charge in [-0.15, -0.1) is 0 Å². The first-order chi connectivity index (χ1) is 6.99. The summed E-state index contributed by atoms with van der Waals surface area (Å²) in [5.41, 5.74) is 6.57. The normalized spacial score (nSPS) is 13.2. The summed E-state index contributed by atoms with van der Waals surface area (Å²) in [6.45, 7) is 0.756. The first-order valence-corrected chi connectivity index (χ1v) is 5.62. The van der Waals surface area contributed by atoms with Crippen LogP contribution in [0.5, 0.6) is 0 Å². The molecule has 0 spiro atoms. The fraction of sp³-hybridized carbons (Fsp3) is 0.455. The highest BCUT2D eigenvalue weighted by molar-refractivity contribution is 9.10. The predicted molar refractivity (Wildman–Crippen MR) is 64.3 cm³/mol. The lowest BCUT2D eigenvalue weighted by Gasteiger charge is -2.17. The molecule has 0 saturated carbocycles. The number of hydrogen-bond acceptors (Lipinski definition) is 2. The molecule has 15 heavy (non-hydrogen) atoms. The number of hydrogen-bond donors (Lipinski definition) is 1. The Morgan fingerprint density at radius 1 is 1.47 bits per heavy atom. The topological polar surface area (TPSA) is 29.3 Å². The van der Waals surface area contributed by atoms with Crippen LogP contribution in [0.25, 0.3) is 0 Å². The van der Waals surface area contributed by atoms with Crippen LogP contribution in [0.3, 0.4) is 0 Å². The summed E-state index contributed by atoms with van der Waals surface area (Å²) >= 11 is 3.32. The van der Waals surface area contributed by atoms with Gasteiger partial charge in [-0.05, 0) is 44.3 Å². The van der Waals surface area contributed by atoms with Gasteiger partial charge in [-0.3, -0.25) is 0 Å². The molecule has 2 nitrogen and oxygen atoms in total. The van der Waals surface area contributed by atoms with Crippen LogP contribution in [0.4, 0.5) is 4.39 Å². The standard InChI is InChI=1S/C11H16BrFN2/c1-15(2)7-10(14)6-8-5-9(12)3-4-11(8)13/h3-5,10H,6-7,14H2,1-2H3. The molecule has 0 aromatic heterocycles. The zero-order chi connectivity index (χ0) is 11.4. The van der Waals surface area contributed by atoms with E-state index in [9.17, 15) is 4.39 Å². The van der Waals surface area contributed by atoms with E-state index in [0.717, 1.165) is 11.0 Å². The molecule has 0 aliphatic rings. The Hall–Kier alpha value is -0.450. The number of rotatable bonds is 4. The average Bonchev–Trinajstić information content (AvgIpc) is 2.10. The zero-order valence-corrected chi connectivity index (χ0v) is 10.6. The highest BCUT2D eigenvalue weighted by Gasteiger charge is 2.09. The molecule has 1 unspecified atom stereocenters. The molecule has 2 N–H and O–H groups in total. The van der Waals surface area contributed by atoms with Gasteiger partial charge in [-0.1, -0.05) is 15.9 Å². The van der Waals surface area contributed by atoms with E-state index in [2.05, 4.69) is 15.9 Å². The number of nitrogens with two attached hydrogens (primary N) is 1. The molecule has 0 bridgehead atoms. The van der Waals surface area contributed by atoms with Gasteiger partial charge < -0.3 is 10.6 Å². The van der Waals surface area contributed by atoms with Crippen LogP contribution < -0.4 is 5.73 Å². The molecule has 0 radical (unpaired) electrons. The fourth-order valence-corrected chi connectivity index (χ4v) is 1.92. The fourth-order valence-electron chi connectivity index (χ4n) is 1.52. The van der Waals surface area contributed by atoms with Crippen molar-refractivity contribution in [3.8, 4) is 0 Å². The van der Waals surface area contributed by atoms with Crippen LogP contribution >= 0.6 is 15.9 Å². The minimum Gasteiger partial charge on any atom is -0.326 e. The van der Waals surface area contributed by atoms with E-state index in [-0.39, 0.29) is 11.9 Å². The van der Waals surface area contributed by atoms with Crippen molar-refractivity contribution in [3.63, 3.8) is 0 Å². The SMILES string of the molecule is CN(C)CC(N)Cc1cc(Br)ccc1F. The Morgan fingerprint density at radius 3 is 2.73 bits per heavy atom. The smallest absolute Gasteiger partial charge is 0.126 e. The minimum absolute atomic E-state index is 0.0381. The van der Waals surface area contributed by atoms with Gasteiger partial charge in [-0.25, -0.2) is 4.39 Å². The molecule has 0 saturated heterocycles. The van der Waals surface area contributed by atoms with Crippen LogP contribution in [0.2, 0.25) is 0 Å². The molecule has 0 heterocycles. The van der Waals surface area contributed by atoms with Gasteiger partial charge in [0.05, 0.1) is 0 Å². The van der Waals surface area contributed by atoms with E-state index < -0.39 is 0 Å². The van der Waals surface area contributed by atoms with Gasteiger partial charge >= 0.3 is 0 Å². The molecule has 1 aromatic carbocycles. The van der Waals surface area contributed by atoms with Crippen molar-refractivity contribution in [1.82, 2.24) is 4.90 Å². The van der Waals surface area contributed by atoms with Crippen LogP contribution in [-0.2, 0) is 6.42 Å². The molecule has 0 fully saturated rings. The Bertz CT molecular complexity index is 328. The molecule has 0 aliphatic heterocycles. The quantitative estimate of drug-likeness (QED) is 0.911. The molecule has 1 aromatic rings. The number of benzene rings is 1. The van der Waals surface area contributed by atoms with Gasteiger partial charge in [0.1, 0.15) is 5.82 Å². The molecular formula is C11H16BrFN2. The molecule has 0 amide bonds. The summed E-state index contributed by atoms with van der Waals surface area (Å²) in [6.07, 6.45) is 0.559. The lowest BCUT2D eigenvalue weighted by molar-refractivity contribution is 0.369. The summed E-state index contributed by atoms with van der Waals surface area (Å²) in [6, 6.07) is 4.90. The third-order valence-corrected chi connectivity index (χ3v) is 2.58. The Balaban J connectivity index is 2.67. The van der Waals surface area contributed by atoms with Crippen molar-refractivity contribution in [2.45, 2.75) is 12.5 Å². The van der Waals surface area contributed by atoms with Crippen LogP contribution in [-0.4, -0.2) is 31.6 Å². The zero-order valence-electron chi connectivity index (χ0n) is 9.00. The van der Waals surface area contributed by atoms with Gasteiger partial charge in [0.15, 0.2) is 0 Å². The van der Waals surface area contributed by atoms with Crippen molar-refractivity contribution < 1.29 is 4.39 Å². The second-order valence-corrected chi connectivity index (χ2v) is 4.88. The molecule has 0 aliphatic carbocycles. The molecule has 1 atom stereocenters. The van der Waals surface area contributed by atoms with Crippen molar-refractivity contribution >= 4 is 15.9 Å². The number of halogens is 2. The monoisotopic (exact) mass is 274 g/mol.